The first-order valence-electron chi connectivity index (χ1n) is 7.55. The van der Waals surface area contributed by atoms with Gasteiger partial charge in [0.25, 0.3) is 0 Å². The van der Waals surface area contributed by atoms with Crippen LogP contribution in [0.5, 0.6) is 0 Å². The standard InChI is InChI=1S/C16H19F3O3/c17-16(18,19)13-6-4-12(5-7-13)15(11-22-15)8-10-21-14-3-1-2-9-20-14/h4-7,14H,1-3,8-11H2. The number of benzene rings is 1. The number of hydrogen-bond acceptors (Lipinski definition) is 3. The lowest BCUT2D eigenvalue weighted by molar-refractivity contribution is -0.164. The maximum atomic E-state index is 12.6. The van der Waals surface area contributed by atoms with Crippen molar-refractivity contribution in [1.29, 1.82) is 0 Å². The summed E-state index contributed by atoms with van der Waals surface area (Å²) in [5.74, 6) is 0. The summed E-state index contributed by atoms with van der Waals surface area (Å²) in [6.45, 7) is 1.73. The van der Waals surface area contributed by atoms with Crippen LogP contribution in [0.2, 0.25) is 0 Å². The highest BCUT2D eigenvalue weighted by molar-refractivity contribution is 5.31. The molecular formula is C16H19F3O3. The van der Waals surface area contributed by atoms with Gasteiger partial charge in [0.15, 0.2) is 6.29 Å². The molecule has 122 valence electrons. The van der Waals surface area contributed by atoms with Crippen molar-refractivity contribution >= 4 is 0 Å². The summed E-state index contributed by atoms with van der Waals surface area (Å²) in [7, 11) is 0. The number of epoxide rings is 1. The zero-order valence-electron chi connectivity index (χ0n) is 12.2. The molecule has 3 rings (SSSR count). The molecule has 6 heteroatoms. The number of hydrogen-bond donors (Lipinski definition) is 0. The summed E-state index contributed by atoms with van der Waals surface area (Å²) in [6, 6.07) is 5.19. The van der Waals surface area contributed by atoms with Crippen LogP contribution in [0.1, 0.15) is 36.8 Å². The second-order valence-corrected chi connectivity index (χ2v) is 5.77. The molecule has 2 aliphatic heterocycles. The third-order valence-electron chi connectivity index (χ3n) is 4.18. The Kier molecular flexibility index (Phi) is 4.43. The average molecular weight is 316 g/mol. The molecule has 22 heavy (non-hydrogen) atoms. The minimum absolute atomic E-state index is 0.155. The normalized spacial score (nSPS) is 28.6. The Morgan fingerprint density at radius 2 is 1.91 bits per heavy atom. The van der Waals surface area contributed by atoms with Crippen molar-refractivity contribution in [2.24, 2.45) is 0 Å². The molecule has 2 unspecified atom stereocenters. The molecule has 1 aromatic rings. The Labute approximate surface area is 127 Å². The van der Waals surface area contributed by atoms with E-state index in [1.807, 2.05) is 0 Å². The third-order valence-corrected chi connectivity index (χ3v) is 4.18. The van der Waals surface area contributed by atoms with Gasteiger partial charge in [-0.2, -0.15) is 13.2 Å². The highest BCUT2D eigenvalue weighted by Gasteiger charge is 2.46. The molecule has 3 nitrogen and oxygen atoms in total. The van der Waals surface area contributed by atoms with E-state index in [1.54, 1.807) is 0 Å². The molecule has 0 aliphatic carbocycles. The van der Waals surface area contributed by atoms with Gasteiger partial charge in [-0.1, -0.05) is 12.1 Å². The van der Waals surface area contributed by atoms with Crippen LogP contribution in [0.25, 0.3) is 0 Å². The van der Waals surface area contributed by atoms with Gasteiger partial charge in [0, 0.05) is 13.0 Å². The summed E-state index contributed by atoms with van der Waals surface area (Å²) in [6.07, 6.45) is -0.773. The van der Waals surface area contributed by atoms with Crippen molar-refractivity contribution in [1.82, 2.24) is 0 Å². The van der Waals surface area contributed by atoms with Crippen LogP contribution in [0.3, 0.4) is 0 Å². The summed E-state index contributed by atoms with van der Waals surface area (Å²) in [4.78, 5) is 0. The topological polar surface area (TPSA) is 31.0 Å². The van der Waals surface area contributed by atoms with Gasteiger partial charge in [-0.15, -0.1) is 0 Å². The highest BCUT2D eigenvalue weighted by Crippen LogP contribution is 2.43. The Balaban J connectivity index is 1.54. The van der Waals surface area contributed by atoms with E-state index >= 15 is 0 Å². The Bertz CT molecular complexity index is 488. The fourth-order valence-corrected chi connectivity index (χ4v) is 2.70. The number of alkyl halides is 3. The predicted octanol–water partition coefficient (Wildman–Crippen LogP) is 3.86. The Morgan fingerprint density at radius 3 is 2.45 bits per heavy atom. The second kappa shape index (κ2) is 6.18. The summed E-state index contributed by atoms with van der Waals surface area (Å²) < 4.78 is 54.4. The molecule has 0 spiro atoms. The molecule has 2 saturated heterocycles. The molecule has 0 aromatic heterocycles. The van der Waals surface area contributed by atoms with Gasteiger partial charge in [0.05, 0.1) is 18.8 Å². The largest absolute Gasteiger partial charge is 0.416 e. The van der Waals surface area contributed by atoms with Crippen molar-refractivity contribution in [3.8, 4) is 0 Å². The SMILES string of the molecule is FC(F)(F)c1ccc(C2(CCOC3CCCCO3)CO2)cc1. The smallest absolute Gasteiger partial charge is 0.364 e. The van der Waals surface area contributed by atoms with E-state index < -0.39 is 17.3 Å². The minimum Gasteiger partial charge on any atom is -0.364 e. The van der Waals surface area contributed by atoms with Crippen LogP contribution in [-0.4, -0.2) is 26.1 Å². The van der Waals surface area contributed by atoms with Crippen molar-refractivity contribution in [3.05, 3.63) is 35.4 Å². The molecule has 0 bridgehead atoms. The van der Waals surface area contributed by atoms with E-state index in [4.69, 9.17) is 14.2 Å². The minimum atomic E-state index is -4.31. The van der Waals surface area contributed by atoms with Gasteiger partial charge in [-0.3, -0.25) is 0 Å². The number of ether oxygens (including phenoxy) is 3. The van der Waals surface area contributed by atoms with Gasteiger partial charge in [0.2, 0.25) is 0 Å². The van der Waals surface area contributed by atoms with Crippen LogP contribution in [-0.2, 0) is 26.0 Å². The van der Waals surface area contributed by atoms with E-state index in [0.29, 0.717) is 19.6 Å². The molecule has 2 aliphatic rings. The van der Waals surface area contributed by atoms with Gasteiger partial charge in [0.1, 0.15) is 5.60 Å². The quantitative estimate of drug-likeness (QED) is 0.773. The van der Waals surface area contributed by atoms with Crippen LogP contribution in [0.15, 0.2) is 24.3 Å². The van der Waals surface area contributed by atoms with Crippen molar-refractivity contribution in [2.45, 2.75) is 43.8 Å². The molecule has 0 radical (unpaired) electrons. The molecule has 0 amide bonds. The lowest BCUT2D eigenvalue weighted by atomic mass is 9.96. The summed E-state index contributed by atoms with van der Waals surface area (Å²) in [5.41, 5.74) is -0.355. The summed E-state index contributed by atoms with van der Waals surface area (Å²) >= 11 is 0. The molecule has 2 fully saturated rings. The molecule has 2 heterocycles. The Hall–Kier alpha value is -1.11. The van der Waals surface area contributed by atoms with E-state index in [2.05, 4.69) is 0 Å². The van der Waals surface area contributed by atoms with E-state index in [-0.39, 0.29) is 6.29 Å². The van der Waals surface area contributed by atoms with E-state index in [9.17, 15) is 13.2 Å². The van der Waals surface area contributed by atoms with Gasteiger partial charge in [-0.25, -0.2) is 0 Å². The fourth-order valence-electron chi connectivity index (χ4n) is 2.70. The van der Waals surface area contributed by atoms with Crippen molar-refractivity contribution in [3.63, 3.8) is 0 Å². The zero-order chi connectivity index (χ0) is 15.6. The van der Waals surface area contributed by atoms with Crippen LogP contribution >= 0.6 is 0 Å². The van der Waals surface area contributed by atoms with Crippen LogP contribution < -0.4 is 0 Å². The monoisotopic (exact) mass is 316 g/mol. The van der Waals surface area contributed by atoms with E-state index in [0.717, 1.165) is 43.6 Å². The molecule has 1 aromatic carbocycles. The van der Waals surface area contributed by atoms with Gasteiger partial charge in [-0.05, 0) is 37.0 Å². The van der Waals surface area contributed by atoms with Gasteiger partial charge < -0.3 is 14.2 Å². The predicted molar refractivity (Wildman–Crippen MR) is 73.2 cm³/mol. The van der Waals surface area contributed by atoms with Crippen molar-refractivity contribution < 1.29 is 27.4 Å². The summed E-state index contributed by atoms with van der Waals surface area (Å²) in [5, 5.41) is 0. The maximum absolute atomic E-state index is 12.6. The first kappa shape index (κ1) is 15.8. The third kappa shape index (κ3) is 3.62. The first-order chi connectivity index (χ1) is 10.5. The van der Waals surface area contributed by atoms with Crippen LogP contribution in [0.4, 0.5) is 13.2 Å². The second-order valence-electron chi connectivity index (χ2n) is 5.77. The zero-order valence-corrected chi connectivity index (χ0v) is 12.2. The van der Waals surface area contributed by atoms with E-state index in [1.165, 1.54) is 12.1 Å². The first-order valence-corrected chi connectivity index (χ1v) is 7.55. The molecule has 0 saturated carbocycles. The lowest BCUT2D eigenvalue weighted by Crippen LogP contribution is -2.24. The lowest BCUT2D eigenvalue weighted by Gasteiger charge is -2.23. The maximum Gasteiger partial charge on any atom is 0.416 e. The molecule has 2 atom stereocenters. The molecular weight excluding hydrogens is 297 g/mol. The molecule has 0 N–H and O–H groups in total. The fraction of sp³-hybridized carbons (Fsp3) is 0.625. The van der Waals surface area contributed by atoms with Gasteiger partial charge >= 0.3 is 6.18 Å². The van der Waals surface area contributed by atoms with Crippen molar-refractivity contribution in [2.75, 3.05) is 19.8 Å². The Morgan fingerprint density at radius 1 is 1.18 bits per heavy atom. The number of halogens is 3. The van der Waals surface area contributed by atoms with Crippen LogP contribution in [0, 0.1) is 0 Å². The average Bonchev–Trinajstić information content (AvgIpc) is 3.29. The number of rotatable bonds is 5. The highest BCUT2D eigenvalue weighted by atomic mass is 19.4.